The van der Waals surface area contributed by atoms with Crippen molar-refractivity contribution < 1.29 is 17.7 Å². The number of rotatable bonds is 6. The van der Waals surface area contributed by atoms with Crippen LogP contribution in [0.2, 0.25) is 5.02 Å². The Kier molecular flexibility index (Phi) is 5.81. The van der Waals surface area contributed by atoms with Crippen LogP contribution in [0.15, 0.2) is 70.1 Å². The van der Waals surface area contributed by atoms with Gasteiger partial charge in [0, 0.05) is 22.9 Å². The van der Waals surface area contributed by atoms with Gasteiger partial charge in [-0.3, -0.25) is 9.52 Å². The number of benzene rings is 2. The van der Waals surface area contributed by atoms with E-state index in [2.05, 4.69) is 15.2 Å². The first-order valence-corrected chi connectivity index (χ1v) is 9.99. The molecular formula is C19H16ClN3O4S. The third-order valence-corrected chi connectivity index (χ3v) is 5.22. The largest absolute Gasteiger partial charge is 0.360 e. The summed E-state index contributed by atoms with van der Waals surface area (Å²) in [5.74, 6) is 0.242. The van der Waals surface area contributed by atoms with Gasteiger partial charge in [0.15, 0.2) is 5.82 Å². The van der Waals surface area contributed by atoms with E-state index in [1.807, 2.05) is 0 Å². The van der Waals surface area contributed by atoms with Gasteiger partial charge in [-0.05, 0) is 55.0 Å². The minimum Gasteiger partial charge on any atom is -0.360 e. The second-order valence-electron chi connectivity index (χ2n) is 5.83. The van der Waals surface area contributed by atoms with Crippen molar-refractivity contribution in [2.24, 2.45) is 0 Å². The molecule has 1 heterocycles. The van der Waals surface area contributed by atoms with Gasteiger partial charge in [0.1, 0.15) is 5.76 Å². The standard InChI is InChI=1S/C19H16ClN3O4S/c1-13-12-18(22-27-13)23-28(25,26)17-9-7-16(8-10-17)21-19(24)11-4-14-2-5-15(20)6-3-14/h2-12H,1H3,(H,21,24)(H,22,23). The molecule has 0 radical (unpaired) electrons. The van der Waals surface area contributed by atoms with Crippen LogP contribution in [0.25, 0.3) is 6.08 Å². The SMILES string of the molecule is Cc1cc(NS(=O)(=O)c2ccc(NC(=O)C=Cc3ccc(Cl)cc3)cc2)no1. The summed E-state index contributed by atoms with van der Waals surface area (Å²) in [7, 11) is -3.80. The molecule has 3 rings (SSSR count). The number of carbonyl (C=O) groups is 1. The summed E-state index contributed by atoms with van der Waals surface area (Å²) in [4.78, 5) is 12.0. The monoisotopic (exact) mass is 417 g/mol. The Hall–Kier alpha value is -3.10. The van der Waals surface area contributed by atoms with Gasteiger partial charge in [0.25, 0.3) is 10.0 Å². The fraction of sp³-hybridized carbons (Fsp3) is 0.0526. The Morgan fingerprint density at radius 2 is 1.79 bits per heavy atom. The Bertz CT molecular complexity index is 1100. The molecular weight excluding hydrogens is 402 g/mol. The highest BCUT2D eigenvalue weighted by Crippen LogP contribution is 2.18. The topological polar surface area (TPSA) is 101 Å². The van der Waals surface area contributed by atoms with E-state index in [-0.39, 0.29) is 16.6 Å². The number of anilines is 2. The molecule has 28 heavy (non-hydrogen) atoms. The van der Waals surface area contributed by atoms with Crippen LogP contribution in [-0.4, -0.2) is 19.5 Å². The Morgan fingerprint density at radius 1 is 1.11 bits per heavy atom. The zero-order valence-corrected chi connectivity index (χ0v) is 16.3. The maximum absolute atomic E-state index is 12.3. The summed E-state index contributed by atoms with van der Waals surface area (Å²) in [5, 5.41) is 6.87. The van der Waals surface area contributed by atoms with Crippen LogP contribution >= 0.6 is 11.6 Å². The maximum atomic E-state index is 12.3. The summed E-state index contributed by atoms with van der Waals surface area (Å²) in [6.45, 7) is 1.66. The molecule has 3 aromatic rings. The smallest absolute Gasteiger partial charge is 0.263 e. The number of halogens is 1. The Balaban J connectivity index is 1.63. The molecule has 0 aliphatic carbocycles. The quantitative estimate of drug-likeness (QED) is 0.588. The molecule has 0 aliphatic heterocycles. The van der Waals surface area contributed by atoms with E-state index in [0.29, 0.717) is 16.5 Å². The number of nitrogens with zero attached hydrogens (tertiary/aromatic N) is 1. The second-order valence-corrected chi connectivity index (χ2v) is 7.95. The van der Waals surface area contributed by atoms with Gasteiger partial charge in [0.05, 0.1) is 4.90 Å². The molecule has 1 aromatic heterocycles. The predicted octanol–water partition coefficient (Wildman–Crippen LogP) is 4.09. The highest BCUT2D eigenvalue weighted by Gasteiger charge is 2.16. The van der Waals surface area contributed by atoms with E-state index in [1.165, 1.54) is 36.4 Å². The number of aromatic nitrogens is 1. The zero-order chi connectivity index (χ0) is 20.1. The van der Waals surface area contributed by atoms with Crippen molar-refractivity contribution >= 4 is 45.1 Å². The Labute approximate surface area is 167 Å². The first-order valence-electron chi connectivity index (χ1n) is 8.13. The molecule has 2 aromatic carbocycles. The van der Waals surface area contributed by atoms with Crippen LogP contribution in [0.1, 0.15) is 11.3 Å². The lowest BCUT2D eigenvalue weighted by Gasteiger charge is -2.06. The number of nitrogens with one attached hydrogen (secondary N) is 2. The summed E-state index contributed by atoms with van der Waals surface area (Å²) in [5.41, 5.74) is 1.29. The van der Waals surface area contributed by atoms with Crippen molar-refractivity contribution in [2.45, 2.75) is 11.8 Å². The van der Waals surface area contributed by atoms with E-state index in [4.69, 9.17) is 16.1 Å². The number of hydrogen-bond donors (Lipinski definition) is 2. The maximum Gasteiger partial charge on any atom is 0.263 e. The third kappa shape index (κ3) is 5.21. The lowest BCUT2D eigenvalue weighted by atomic mass is 10.2. The normalized spacial score (nSPS) is 11.5. The minimum atomic E-state index is -3.80. The molecule has 0 aliphatic rings. The molecule has 2 N–H and O–H groups in total. The van der Waals surface area contributed by atoms with Crippen molar-refractivity contribution in [3.05, 3.63) is 77.0 Å². The Morgan fingerprint density at radius 3 is 2.39 bits per heavy atom. The van der Waals surface area contributed by atoms with Crippen LogP contribution in [0.3, 0.4) is 0 Å². The number of sulfonamides is 1. The summed E-state index contributed by atoms with van der Waals surface area (Å²) >= 11 is 5.81. The molecule has 0 spiro atoms. The van der Waals surface area contributed by atoms with Crippen molar-refractivity contribution in [1.82, 2.24) is 5.16 Å². The van der Waals surface area contributed by atoms with E-state index in [1.54, 1.807) is 37.3 Å². The average molecular weight is 418 g/mol. The van der Waals surface area contributed by atoms with Crippen LogP contribution < -0.4 is 10.0 Å². The summed E-state index contributed by atoms with van der Waals surface area (Å²) < 4.78 is 31.8. The lowest BCUT2D eigenvalue weighted by molar-refractivity contribution is -0.111. The lowest BCUT2D eigenvalue weighted by Crippen LogP contribution is -2.13. The molecule has 9 heteroatoms. The number of amides is 1. The fourth-order valence-electron chi connectivity index (χ4n) is 2.26. The fourth-order valence-corrected chi connectivity index (χ4v) is 3.37. The predicted molar refractivity (Wildman–Crippen MR) is 108 cm³/mol. The molecule has 144 valence electrons. The number of hydrogen-bond acceptors (Lipinski definition) is 5. The molecule has 7 nitrogen and oxygen atoms in total. The van der Waals surface area contributed by atoms with Crippen molar-refractivity contribution in [1.29, 1.82) is 0 Å². The van der Waals surface area contributed by atoms with Gasteiger partial charge in [-0.25, -0.2) is 8.42 Å². The first-order chi connectivity index (χ1) is 13.3. The van der Waals surface area contributed by atoms with Crippen LogP contribution in [0.4, 0.5) is 11.5 Å². The molecule has 0 saturated heterocycles. The van der Waals surface area contributed by atoms with Gasteiger partial charge in [-0.2, -0.15) is 0 Å². The highest BCUT2D eigenvalue weighted by molar-refractivity contribution is 7.92. The second kappa shape index (κ2) is 8.28. The molecule has 0 fully saturated rings. The summed E-state index contributed by atoms with van der Waals surface area (Å²) in [6.07, 6.45) is 3.02. The summed E-state index contributed by atoms with van der Waals surface area (Å²) in [6, 6.07) is 14.3. The third-order valence-electron chi connectivity index (χ3n) is 3.60. The van der Waals surface area contributed by atoms with Crippen molar-refractivity contribution in [2.75, 3.05) is 10.0 Å². The molecule has 0 atom stereocenters. The van der Waals surface area contributed by atoms with Crippen LogP contribution in [-0.2, 0) is 14.8 Å². The van der Waals surface area contributed by atoms with Gasteiger partial charge < -0.3 is 9.84 Å². The number of aryl methyl sites for hydroxylation is 1. The van der Waals surface area contributed by atoms with E-state index >= 15 is 0 Å². The first kappa shape index (κ1) is 19.7. The van der Waals surface area contributed by atoms with Crippen LogP contribution in [0, 0.1) is 6.92 Å². The molecule has 0 unspecified atom stereocenters. The molecule has 1 amide bonds. The average Bonchev–Trinajstić information content (AvgIpc) is 3.06. The van der Waals surface area contributed by atoms with Gasteiger partial charge in [-0.15, -0.1) is 0 Å². The van der Waals surface area contributed by atoms with Gasteiger partial charge in [0.2, 0.25) is 5.91 Å². The van der Waals surface area contributed by atoms with Crippen molar-refractivity contribution in [3.63, 3.8) is 0 Å². The number of carbonyl (C=O) groups excluding carboxylic acids is 1. The van der Waals surface area contributed by atoms with E-state index < -0.39 is 10.0 Å². The molecule has 0 saturated carbocycles. The minimum absolute atomic E-state index is 0.0304. The van der Waals surface area contributed by atoms with Gasteiger partial charge in [-0.1, -0.05) is 28.9 Å². The zero-order valence-electron chi connectivity index (χ0n) is 14.7. The van der Waals surface area contributed by atoms with Gasteiger partial charge >= 0.3 is 0 Å². The molecule has 0 bridgehead atoms. The van der Waals surface area contributed by atoms with Crippen molar-refractivity contribution in [3.8, 4) is 0 Å². The van der Waals surface area contributed by atoms with Crippen LogP contribution in [0.5, 0.6) is 0 Å². The van der Waals surface area contributed by atoms with E-state index in [0.717, 1.165) is 5.56 Å². The van der Waals surface area contributed by atoms with E-state index in [9.17, 15) is 13.2 Å². The highest BCUT2D eigenvalue weighted by atomic mass is 35.5.